The average Bonchev–Trinajstić information content (AvgIpc) is 3.91. The third kappa shape index (κ3) is 11.9. The van der Waals surface area contributed by atoms with Crippen LogP contribution in [0.15, 0.2) is 91.0 Å². The van der Waals surface area contributed by atoms with Crippen LogP contribution in [0.5, 0.6) is 11.5 Å². The number of likely N-dealkylation sites (tertiary alicyclic amines) is 2. The van der Waals surface area contributed by atoms with E-state index in [1.54, 1.807) is 17.0 Å². The number of rotatable bonds is 17. The summed E-state index contributed by atoms with van der Waals surface area (Å²) in [5.74, 6) is 0.0570. The van der Waals surface area contributed by atoms with Crippen LogP contribution < -0.4 is 25.2 Å². The number of nitrogens with two attached hydrogens (primary N) is 1. The molecule has 324 valence electrons. The number of anilines is 1. The SMILES string of the molecule is CC1CCC(NS(=O)(=O)CC(=O)N2CCCC2Cc2ccc(-c3ccc(OCCOc4ccccc4)c(C(=O)Nc4cccc(CN5CCCC5C(N)=O)c4)c3)cc2Cl)CC1. The molecule has 2 heterocycles. The van der Waals surface area contributed by atoms with Gasteiger partial charge in [-0.05, 0) is 135 Å². The minimum atomic E-state index is -3.76. The second kappa shape index (κ2) is 20.3. The van der Waals surface area contributed by atoms with Crippen molar-refractivity contribution in [2.24, 2.45) is 11.7 Å². The Morgan fingerprint density at radius 2 is 1.56 bits per heavy atom. The maximum atomic E-state index is 14.1. The Morgan fingerprint density at radius 3 is 2.33 bits per heavy atom. The average molecular weight is 871 g/mol. The zero-order valence-corrected chi connectivity index (χ0v) is 36.3. The van der Waals surface area contributed by atoms with Gasteiger partial charge in [-0.3, -0.25) is 19.3 Å². The van der Waals surface area contributed by atoms with Crippen LogP contribution in [0.25, 0.3) is 11.1 Å². The largest absolute Gasteiger partial charge is 0.490 e. The molecule has 1 saturated carbocycles. The van der Waals surface area contributed by atoms with E-state index >= 15 is 0 Å². The maximum absolute atomic E-state index is 14.1. The standard InChI is InChI=1S/C47H56ClN5O7S/c1-32-14-19-37(20-15-32)51-61(57,58)31-45(54)53-23-6-10-39(53)27-36-17-16-35(29-42(36)48)34-18-21-44(60-25-24-59-40-11-3-2-4-12-40)41(28-34)47(56)50-38-9-5-8-33(26-38)30-52-22-7-13-43(52)46(49)55/h2-5,8-9,11-12,16-18,21,26,28-29,32,37,39,43,51H,6-7,10,13-15,19-20,22-25,27,30-31H2,1H3,(H2,49,55)(H,50,56). The van der Waals surface area contributed by atoms with Crippen LogP contribution in [-0.2, 0) is 32.6 Å². The van der Waals surface area contributed by atoms with E-state index in [4.69, 9.17) is 26.8 Å². The number of benzene rings is 4. The fraction of sp³-hybridized carbons (Fsp3) is 0.426. The number of halogens is 1. The van der Waals surface area contributed by atoms with Gasteiger partial charge in [0.05, 0.1) is 11.6 Å². The molecule has 0 spiro atoms. The highest BCUT2D eigenvalue weighted by Gasteiger charge is 2.33. The predicted molar refractivity (Wildman–Crippen MR) is 238 cm³/mol. The molecule has 3 fully saturated rings. The van der Waals surface area contributed by atoms with E-state index in [9.17, 15) is 22.8 Å². The summed E-state index contributed by atoms with van der Waals surface area (Å²) in [6, 6.07) is 27.5. The lowest BCUT2D eigenvalue weighted by molar-refractivity contribution is -0.129. The van der Waals surface area contributed by atoms with Crippen LogP contribution in [0.2, 0.25) is 5.02 Å². The molecular weight excluding hydrogens is 814 g/mol. The molecule has 7 rings (SSSR count). The van der Waals surface area contributed by atoms with Crippen molar-refractivity contribution in [1.82, 2.24) is 14.5 Å². The highest BCUT2D eigenvalue weighted by Crippen LogP contribution is 2.33. The molecule has 0 radical (unpaired) electrons. The van der Waals surface area contributed by atoms with Crippen LogP contribution in [0.1, 0.15) is 79.8 Å². The van der Waals surface area contributed by atoms with Gasteiger partial charge in [0.25, 0.3) is 5.91 Å². The number of carbonyl (C=O) groups is 3. The summed E-state index contributed by atoms with van der Waals surface area (Å²) < 4.78 is 40.8. The highest BCUT2D eigenvalue weighted by atomic mass is 35.5. The van der Waals surface area contributed by atoms with Crippen molar-refractivity contribution in [3.8, 4) is 22.6 Å². The molecule has 3 amide bonds. The Bertz CT molecular complexity index is 2290. The Morgan fingerprint density at radius 1 is 0.820 bits per heavy atom. The zero-order valence-electron chi connectivity index (χ0n) is 34.7. The van der Waals surface area contributed by atoms with Crippen molar-refractivity contribution in [2.45, 2.75) is 89.4 Å². The maximum Gasteiger partial charge on any atom is 0.259 e. The van der Waals surface area contributed by atoms with E-state index in [2.05, 4.69) is 21.9 Å². The van der Waals surface area contributed by atoms with Crippen molar-refractivity contribution in [3.63, 3.8) is 0 Å². The Labute approximate surface area is 364 Å². The van der Waals surface area contributed by atoms with E-state index in [-0.39, 0.29) is 49.1 Å². The Kier molecular flexibility index (Phi) is 14.7. The summed E-state index contributed by atoms with van der Waals surface area (Å²) in [7, 11) is -3.76. The lowest BCUT2D eigenvalue weighted by Crippen LogP contribution is -2.45. The number of primary amides is 1. The van der Waals surface area contributed by atoms with Crippen molar-refractivity contribution < 1.29 is 32.3 Å². The van der Waals surface area contributed by atoms with Gasteiger partial charge in [-0.1, -0.05) is 67.1 Å². The molecule has 14 heteroatoms. The zero-order chi connectivity index (χ0) is 42.9. The number of nitrogens with zero attached hydrogens (tertiary/aromatic N) is 2. The highest BCUT2D eigenvalue weighted by molar-refractivity contribution is 7.90. The first-order valence-corrected chi connectivity index (χ1v) is 23.4. The first-order valence-electron chi connectivity index (χ1n) is 21.4. The molecule has 2 unspecified atom stereocenters. The molecule has 2 atom stereocenters. The van der Waals surface area contributed by atoms with Crippen molar-refractivity contribution in [1.29, 1.82) is 0 Å². The molecule has 1 aliphatic carbocycles. The van der Waals surface area contributed by atoms with E-state index in [1.165, 1.54) is 0 Å². The van der Waals surface area contributed by atoms with Crippen molar-refractivity contribution in [3.05, 3.63) is 113 Å². The first kappa shape index (κ1) is 44.1. The molecule has 12 nitrogen and oxygen atoms in total. The predicted octanol–water partition coefficient (Wildman–Crippen LogP) is 7.20. The van der Waals surface area contributed by atoms with E-state index in [1.807, 2.05) is 78.9 Å². The number of sulfonamides is 1. The van der Waals surface area contributed by atoms with Gasteiger partial charge >= 0.3 is 0 Å². The monoisotopic (exact) mass is 869 g/mol. The number of hydrogen-bond acceptors (Lipinski definition) is 8. The van der Waals surface area contributed by atoms with Crippen LogP contribution in [0.4, 0.5) is 5.69 Å². The summed E-state index contributed by atoms with van der Waals surface area (Å²) in [6.45, 7) is 4.47. The van der Waals surface area contributed by atoms with Gasteiger partial charge in [0.2, 0.25) is 21.8 Å². The minimum Gasteiger partial charge on any atom is -0.490 e. The Hall–Kier alpha value is -4.95. The number of ether oxygens (including phenoxy) is 2. The normalized spacial score (nSPS) is 20.7. The van der Waals surface area contributed by atoms with Gasteiger partial charge in [-0.2, -0.15) is 0 Å². The molecular formula is C47H56ClN5O7S. The molecule has 2 aliphatic heterocycles. The third-order valence-corrected chi connectivity index (χ3v) is 13.7. The first-order chi connectivity index (χ1) is 29.4. The summed E-state index contributed by atoms with van der Waals surface area (Å²) in [5.41, 5.74) is 9.89. The molecule has 2 saturated heterocycles. The third-order valence-electron chi connectivity index (χ3n) is 12.1. The number of carbonyl (C=O) groups excluding carboxylic acids is 3. The number of hydrogen-bond donors (Lipinski definition) is 3. The van der Waals surface area contributed by atoms with Gasteiger partial charge in [0.15, 0.2) is 0 Å². The van der Waals surface area contributed by atoms with Gasteiger partial charge in [-0.15, -0.1) is 0 Å². The van der Waals surface area contributed by atoms with E-state index in [0.29, 0.717) is 53.2 Å². The van der Waals surface area contributed by atoms with E-state index in [0.717, 1.165) is 80.2 Å². The van der Waals surface area contributed by atoms with Crippen molar-refractivity contribution >= 4 is 45.0 Å². The molecule has 3 aliphatic rings. The summed E-state index contributed by atoms with van der Waals surface area (Å²) in [6.07, 6.45) is 7.22. The summed E-state index contributed by atoms with van der Waals surface area (Å²) in [5, 5.41) is 3.55. The molecule has 4 aromatic carbocycles. The van der Waals surface area contributed by atoms with Gasteiger partial charge in [-0.25, -0.2) is 13.1 Å². The van der Waals surface area contributed by atoms with Crippen molar-refractivity contribution in [2.75, 3.05) is 37.4 Å². The topological polar surface area (TPSA) is 160 Å². The van der Waals surface area contributed by atoms with Crippen LogP contribution in [-0.4, -0.2) is 86.1 Å². The summed E-state index contributed by atoms with van der Waals surface area (Å²) in [4.78, 5) is 43.2. The molecule has 61 heavy (non-hydrogen) atoms. The minimum absolute atomic E-state index is 0.115. The molecule has 4 aromatic rings. The van der Waals surface area contributed by atoms with E-state index < -0.39 is 15.8 Å². The lowest BCUT2D eigenvalue weighted by Gasteiger charge is -2.28. The lowest BCUT2D eigenvalue weighted by atomic mass is 9.88. The van der Waals surface area contributed by atoms with Crippen LogP contribution in [0, 0.1) is 5.92 Å². The van der Waals surface area contributed by atoms with Gasteiger partial charge in [0.1, 0.15) is 30.5 Å². The van der Waals surface area contributed by atoms with Crippen LogP contribution >= 0.6 is 11.6 Å². The number of amides is 3. The molecule has 0 aromatic heterocycles. The smallest absolute Gasteiger partial charge is 0.259 e. The molecule has 4 N–H and O–H groups in total. The quantitative estimate of drug-likeness (QED) is 0.0940. The number of para-hydroxylation sites is 1. The fourth-order valence-corrected chi connectivity index (χ4v) is 10.4. The second-order valence-electron chi connectivity index (χ2n) is 16.6. The second-order valence-corrected chi connectivity index (χ2v) is 18.8. The fourth-order valence-electron chi connectivity index (χ4n) is 8.80. The summed E-state index contributed by atoms with van der Waals surface area (Å²) >= 11 is 6.93. The number of nitrogens with one attached hydrogen (secondary N) is 2. The Balaban J connectivity index is 1.04. The van der Waals surface area contributed by atoms with Crippen LogP contribution in [0.3, 0.4) is 0 Å². The van der Waals surface area contributed by atoms with Gasteiger partial charge < -0.3 is 25.4 Å². The van der Waals surface area contributed by atoms with Gasteiger partial charge in [0, 0.05) is 35.9 Å². The molecule has 0 bridgehead atoms.